The molecular weight excluding hydrogens is 874 g/mol. The van der Waals surface area contributed by atoms with Gasteiger partial charge in [0.25, 0.3) is 6.71 Å². The number of anilines is 7. The molecule has 7 aromatic carbocycles. The molecule has 1 spiro atoms. The largest absolute Gasteiger partial charge is 0.335 e. The third-order valence-corrected chi connectivity index (χ3v) is 25.9. The molecule has 6 heterocycles. The fourth-order valence-electron chi connectivity index (χ4n) is 17.3. The Morgan fingerprint density at radius 3 is 1.56 bits per heavy atom. The van der Waals surface area contributed by atoms with Gasteiger partial charge in [-0.2, -0.15) is 0 Å². The Morgan fingerprint density at radius 1 is 0.479 bits per heavy atom. The highest BCUT2D eigenvalue weighted by Gasteiger charge is 2.66. The van der Waals surface area contributed by atoms with E-state index >= 15 is 0 Å². The Labute approximate surface area is 424 Å². The molecule has 2 aliphatic carbocycles. The first-order valence-corrected chi connectivity index (χ1v) is 29.3. The lowest BCUT2D eigenvalue weighted by molar-refractivity contribution is 0.192. The Morgan fingerprint density at radius 2 is 0.986 bits per heavy atom. The first kappa shape index (κ1) is 42.9. The van der Waals surface area contributed by atoms with E-state index in [0.29, 0.717) is 0 Å². The fraction of sp³-hybridized carbons (Fsp3) is 0.364. The van der Waals surface area contributed by atoms with Gasteiger partial charge in [-0.3, -0.25) is 0 Å². The number of nitrogens with zero attached hydrogens (tertiary/aromatic N) is 3. The van der Waals surface area contributed by atoms with Crippen LogP contribution >= 0.6 is 0 Å². The smallest absolute Gasteiger partial charge is 0.252 e. The average molecular weight is 942 g/mol. The summed E-state index contributed by atoms with van der Waals surface area (Å²) < 4.78 is 0. The molecule has 0 aromatic heterocycles. The molecule has 2 fully saturated rings. The lowest BCUT2D eigenvalue weighted by Crippen LogP contribution is -2.75. The molecule has 8 aliphatic rings. The van der Waals surface area contributed by atoms with Crippen LogP contribution in [0.4, 0.5) is 39.8 Å². The van der Waals surface area contributed by atoms with Gasteiger partial charge in [-0.15, -0.1) is 0 Å². The van der Waals surface area contributed by atoms with Gasteiger partial charge in [0, 0.05) is 45.0 Å². The molecule has 0 bridgehead atoms. The molecule has 15 rings (SSSR count). The molecular formula is C66H68BN3Si. The Balaban J connectivity index is 1.09. The van der Waals surface area contributed by atoms with Crippen molar-refractivity contribution in [2.24, 2.45) is 0 Å². The molecule has 7 aromatic rings. The summed E-state index contributed by atoms with van der Waals surface area (Å²) in [5.41, 5.74) is 23.4. The number of hydrogen-bond donors (Lipinski definition) is 0. The Hall–Kier alpha value is -5.78. The first-order chi connectivity index (χ1) is 34.0. The molecule has 4 unspecified atom stereocenters. The van der Waals surface area contributed by atoms with Gasteiger partial charge in [-0.25, -0.2) is 0 Å². The number of hydrogen-bond acceptors (Lipinski definition) is 3. The quantitative estimate of drug-likeness (QED) is 0.152. The summed E-state index contributed by atoms with van der Waals surface area (Å²) in [6, 6.07) is 54.0. The van der Waals surface area contributed by atoms with Crippen molar-refractivity contribution in [1.82, 2.24) is 0 Å². The monoisotopic (exact) mass is 942 g/mol. The van der Waals surface area contributed by atoms with Crippen molar-refractivity contribution in [3.8, 4) is 11.1 Å². The van der Waals surface area contributed by atoms with Gasteiger partial charge in [0.2, 0.25) is 0 Å². The highest BCUT2D eigenvalue weighted by Crippen LogP contribution is 2.66. The van der Waals surface area contributed by atoms with Crippen molar-refractivity contribution >= 4 is 91.7 Å². The van der Waals surface area contributed by atoms with E-state index in [1.54, 1.807) is 16.6 Å². The van der Waals surface area contributed by atoms with Crippen LogP contribution in [0.5, 0.6) is 0 Å². The van der Waals surface area contributed by atoms with E-state index in [4.69, 9.17) is 0 Å². The van der Waals surface area contributed by atoms with Crippen molar-refractivity contribution in [3.63, 3.8) is 0 Å². The van der Waals surface area contributed by atoms with Gasteiger partial charge in [0.15, 0.2) is 8.07 Å². The summed E-state index contributed by atoms with van der Waals surface area (Å²) >= 11 is 0. The summed E-state index contributed by atoms with van der Waals surface area (Å²) in [6.45, 7) is 25.6. The van der Waals surface area contributed by atoms with Crippen LogP contribution in [-0.2, 0) is 21.7 Å². The molecule has 3 nitrogen and oxygen atoms in total. The summed E-state index contributed by atoms with van der Waals surface area (Å²) in [5, 5.41) is 6.02. The van der Waals surface area contributed by atoms with Crippen LogP contribution in [0.2, 0.25) is 0 Å². The summed E-state index contributed by atoms with van der Waals surface area (Å²) in [4.78, 5) is 8.72. The van der Waals surface area contributed by atoms with E-state index in [2.05, 4.69) is 217 Å². The number of rotatable bonds is 1. The van der Waals surface area contributed by atoms with Crippen LogP contribution in [0, 0.1) is 0 Å². The van der Waals surface area contributed by atoms with Crippen molar-refractivity contribution in [2.75, 3.05) is 14.7 Å². The third kappa shape index (κ3) is 4.82. The third-order valence-electron chi connectivity index (χ3n) is 21.0. The zero-order valence-corrected chi connectivity index (χ0v) is 44.8. The normalized spacial score (nSPS) is 26.2. The Kier molecular flexibility index (Phi) is 8.11. The van der Waals surface area contributed by atoms with Crippen molar-refractivity contribution in [1.29, 1.82) is 0 Å². The molecule has 0 N–H and O–H groups in total. The van der Waals surface area contributed by atoms with Crippen molar-refractivity contribution < 1.29 is 0 Å². The van der Waals surface area contributed by atoms with E-state index in [0.717, 1.165) is 0 Å². The molecule has 6 aliphatic heterocycles. The van der Waals surface area contributed by atoms with Crippen molar-refractivity contribution in [2.45, 2.75) is 153 Å². The van der Waals surface area contributed by atoms with Crippen LogP contribution in [0.1, 0.15) is 143 Å². The van der Waals surface area contributed by atoms with Crippen LogP contribution in [0.15, 0.2) is 133 Å². The van der Waals surface area contributed by atoms with E-state index in [-0.39, 0.29) is 39.5 Å². The van der Waals surface area contributed by atoms with Gasteiger partial charge in [-0.1, -0.05) is 190 Å². The number of benzene rings is 7. The average Bonchev–Trinajstić information content (AvgIpc) is 3.86. The molecule has 2 saturated carbocycles. The lowest BCUT2D eigenvalue weighted by Gasteiger charge is -2.55. The van der Waals surface area contributed by atoms with Crippen LogP contribution in [0.3, 0.4) is 0 Å². The highest BCUT2D eigenvalue weighted by molar-refractivity contribution is 7.23. The maximum Gasteiger partial charge on any atom is 0.252 e. The summed E-state index contributed by atoms with van der Waals surface area (Å²) in [7, 11) is -2.74. The summed E-state index contributed by atoms with van der Waals surface area (Å²) in [6.07, 6.45) is 9.87. The van der Waals surface area contributed by atoms with E-state index in [1.807, 2.05) is 0 Å². The van der Waals surface area contributed by atoms with E-state index in [9.17, 15) is 0 Å². The van der Waals surface area contributed by atoms with Gasteiger partial charge < -0.3 is 14.7 Å². The highest BCUT2D eigenvalue weighted by atomic mass is 28.3. The molecule has 354 valence electrons. The lowest BCUT2D eigenvalue weighted by atomic mass is 9.33. The second-order valence-corrected chi connectivity index (χ2v) is 29.9. The second-order valence-electron chi connectivity index (χ2n) is 26.2. The molecule has 0 saturated heterocycles. The van der Waals surface area contributed by atoms with Gasteiger partial charge >= 0.3 is 0 Å². The van der Waals surface area contributed by atoms with E-state index in [1.165, 1.54) is 145 Å². The van der Waals surface area contributed by atoms with Crippen LogP contribution < -0.4 is 51.8 Å². The molecule has 71 heavy (non-hydrogen) atoms. The maximum atomic E-state index is 3.00. The summed E-state index contributed by atoms with van der Waals surface area (Å²) in [5.74, 6) is 0. The van der Waals surface area contributed by atoms with Gasteiger partial charge in [-0.05, 0) is 145 Å². The zero-order valence-electron chi connectivity index (χ0n) is 43.8. The molecule has 0 amide bonds. The number of para-hydroxylation sites is 2. The second kappa shape index (κ2) is 13.4. The zero-order chi connectivity index (χ0) is 48.6. The standard InChI is InChI=1S/C66H68BN3Si/c1-61(2,3)41-37-46-59-48(38-41)67-47-32-31-45(62(4,5)6)57-60(47)70(66(10)36-22-20-34-64(57,66)8)52-40-42(39-51(58(52)67)69(59)65(9)35-21-19-33-63(46,65)7)68-49-25-13-17-29-55(49)71(56-30-18-14-26-50(56)68)53-27-15-11-23-43(53)44-24-12-16-28-54(44)71/h11-18,23-32,37-40H,19-22,33-36H2,1-10H3. The van der Waals surface area contributed by atoms with Gasteiger partial charge in [0.05, 0.1) is 16.8 Å². The first-order valence-electron chi connectivity index (χ1n) is 27.3. The molecule has 0 radical (unpaired) electrons. The predicted octanol–water partition coefficient (Wildman–Crippen LogP) is 12.0. The molecule has 5 heteroatoms. The fourth-order valence-corrected chi connectivity index (χ4v) is 22.8. The number of fused-ring (bicyclic) bond motifs is 19. The minimum atomic E-state index is -2.74. The minimum Gasteiger partial charge on any atom is -0.335 e. The maximum absolute atomic E-state index is 3.00. The SMILES string of the molecule is CC(C)(C)c1cc2c3c(c1)C1(C)CCCCC1(C)N3c1cc(N3c4ccccc4[Si]4(c5ccccc5-c5ccccc54)c4ccccc43)cc3c1B2c1ccc(C(C)(C)C)c2c1N3C1(C)CCCCC21C. The van der Waals surface area contributed by atoms with E-state index < -0.39 is 8.07 Å². The van der Waals surface area contributed by atoms with Crippen molar-refractivity contribution in [3.05, 3.63) is 156 Å². The molecule has 4 atom stereocenters. The minimum absolute atomic E-state index is 0.00319. The van der Waals surface area contributed by atoms with Crippen LogP contribution in [0.25, 0.3) is 11.1 Å². The van der Waals surface area contributed by atoms with Crippen LogP contribution in [-0.4, -0.2) is 25.9 Å². The predicted molar refractivity (Wildman–Crippen MR) is 305 cm³/mol. The topological polar surface area (TPSA) is 9.72 Å². The Bertz CT molecular complexity index is 3440. The van der Waals surface area contributed by atoms with Gasteiger partial charge in [0.1, 0.15) is 0 Å².